The van der Waals surface area contributed by atoms with Crippen LogP contribution in [0.1, 0.15) is 26.7 Å². The van der Waals surface area contributed by atoms with E-state index >= 15 is 0 Å². The monoisotopic (exact) mass is 252 g/mol. The summed E-state index contributed by atoms with van der Waals surface area (Å²) >= 11 is 1.96. The Kier molecular flexibility index (Phi) is 6.64. The van der Waals surface area contributed by atoms with Gasteiger partial charge >= 0.3 is 0 Å². The van der Waals surface area contributed by atoms with Crippen LogP contribution in [-0.4, -0.2) is 29.5 Å². The zero-order chi connectivity index (χ0) is 10.6. The van der Waals surface area contributed by atoms with Gasteiger partial charge in [-0.15, -0.1) is 12.4 Å². The minimum Gasteiger partial charge on any atom is -0.354 e. The molecule has 0 aromatic heterocycles. The van der Waals surface area contributed by atoms with E-state index in [0.717, 1.165) is 6.54 Å². The number of carbonyl (C=O) groups excluding carboxylic acids is 1. The molecular formula is C10H21ClN2OS. The Morgan fingerprint density at radius 2 is 2.33 bits per heavy atom. The molecule has 2 unspecified atom stereocenters. The first-order valence-corrected chi connectivity index (χ1v) is 6.18. The zero-order valence-electron chi connectivity index (χ0n) is 9.41. The van der Waals surface area contributed by atoms with Crippen molar-refractivity contribution >= 4 is 30.1 Å². The third-order valence-electron chi connectivity index (χ3n) is 2.74. The van der Waals surface area contributed by atoms with Gasteiger partial charge in [0.05, 0.1) is 0 Å². The number of hydrogen-bond acceptors (Lipinski definition) is 3. The second-order valence-electron chi connectivity index (χ2n) is 4.26. The number of amides is 1. The van der Waals surface area contributed by atoms with Crippen molar-refractivity contribution in [2.75, 3.05) is 18.8 Å². The summed E-state index contributed by atoms with van der Waals surface area (Å²) in [5, 5.41) is 2.98. The van der Waals surface area contributed by atoms with E-state index in [1.165, 1.54) is 18.6 Å². The van der Waals surface area contributed by atoms with Crippen LogP contribution in [0, 0.1) is 5.92 Å². The largest absolute Gasteiger partial charge is 0.354 e. The van der Waals surface area contributed by atoms with E-state index in [0.29, 0.717) is 6.54 Å². The minimum absolute atomic E-state index is 0. The van der Waals surface area contributed by atoms with E-state index in [9.17, 15) is 4.79 Å². The third-order valence-corrected chi connectivity index (χ3v) is 4.28. The highest BCUT2D eigenvalue weighted by Gasteiger charge is 2.30. The van der Waals surface area contributed by atoms with E-state index in [4.69, 9.17) is 5.73 Å². The van der Waals surface area contributed by atoms with Crippen molar-refractivity contribution in [1.82, 2.24) is 5.32 Å². The van der Waals surface area contributed by atoms with Crippen molar-refractivity contribution in [2.24, 2.45) is 11.7 Å². The molecule has 1 fully saturated rings. The highest BCUT2D eigenvalue weighted by molar-refractivity contribution is 8.00. The molecule has 1 amide bonds. The smallest absolute Gasteiger partial charge is 0.224 e. The molecule has 90 valence electrons. The lowest BCUT2D eigenvalue weighted by Crippen LogP contribution is -2.40. The first kappa shape index (κ1) is 15.1. The van der Waals surface area contributed by atoms with Crippen LogP contribution in [0.5, 0.6) is 0 Å². The number of hydrogen-bond donors (Lipinski definition) is 2. The summed E-state index contributed by atoms with van der Waals surface area (Å²) in [6, 6.07) is 0. The molecule has 1 aliphatic rings. The Morgan fingerprint density at radius 3 is 2.80 bits per heavy atom. The van der Waals surface area contributed by atoms with Gasteiger partial charge in [0.15, 0.2) is 0 Å². The fourth-order valence-electron chi connectivity index (χ4n) is 1.53. The van der Waals surface area contributed by atoms with Gasteiger partial charge in [-0.25, -0.2) is 0 Å². The summed E-state index contributed by atoms with van der Waals surface area (Å²) in [5.41, 5.74) is 5.42. The van der Waals surface area contributed by atoms with Crippen LogP contribution in [0.15, 0.2) is 0 Å². The highest BCUT2D eigenvalue weighted by Crippen LogP contribution is 2.36. The average Bonchev–Trinajstić information content (AvgIpc) is 2.61. The molecule has 1 saturated heterocycles. The van der Waals surface area contributed by atoms with Crippen LogP contribution in [0.4, 0.5) is 0 Å². The lowest BCUT2D eigenvalue weighted by atomic mass is 10.1. The number of nitrogens with two attached hydrogens (primary N) is 1. The number of rotatable bonds is 4. The van der Waals surface area contributed by atoms with Crippen molar-refractivity contribution in [3.05, 3.63) is 0 Å². The third kappa shape index (κ3) is 4.62. The number of nitrogens with one attached hydrogen (secondary N) is 1. The van der Waals surface area contributed by atoms with E-state index in [-0.39, 0.29) is 29.0 Å². The molecule has 0 aromatic rings. The SMILES string of the molecule is CC(CN)C(=O)NCC1(C)CCCS1.Cl. The fourth-order valence-corrected chi connectivity index (χ4v) is 2.78. The van der Waals surface area contributed by atoms with Gasteiger partial charge in [-0.05, 0) is 25.5 Å². The standard InChI is InChI=1S/C10H20N2OS.ClH/c1-8(6-11)9(13)12-7-10(2)4-3-5-14-10;/h8H,3-7,11H2,1-2H3,(H,12,13);1H. The van der Waals surface area contributed by atoms with Crippen LogP contribution in [0.2, 0.25) is 0 Å². The first-order valence-electron chi connectivity index (χ1n) is 5.19. The number of thioether (sulfide) groups is 1. The fraction of sp³-hybridized carbons (Fsp3) is 0.900. The van der Waals surface area contributed by atoms with Crippen molar-refractivity contribution < 1.29 is 4.79 Å². The van der Waals surface area contributed by atoms with Gasteiger partial charge in [0.1, 0.15) is 0 Å². The summed E-state index contributed by atoms with van der Waals surface area (Å²) in [5.74, 6) is 1.24. The zero-order valence-corrected chi connectivity index (χ0v) is 11.0. The lowest BCUT2D eigenvalue weighted by Gasteiger charge is -2.23. The predicted octanol–water partition coefficient (Wildman–Crippen LogP) is 1.40. The second kappa shape index (κ2) is 6.61. The Morgan fingerprint density at radius 1 is 1.67 bits per heavy atom. The van der Waals surface area contributed by atoms with Gasteiger partial charge in [-0.3, -0.25) is 4.79 Å². The van der Waals surface area contributed by atoms with Crippen LogP contribution < -0.4 is 11.1 Å². The summed E-state index contributed by atoms with van der Waals surface area (Å²) in [7, 11) is 0. The molecule has 5 heteroatoms. The predicted molar refractivity (Wildman–Crippen MR) is 68.6 cm³/mol. The molecule has 0 spiro atoms. The molecule has 2 atom stereocenters. The van der Waals surface area contributed by atoms with E-state index in [2.05, 4.69) is 12.2 Å². The normalized spacial score (nSPS) is 26.9. The van der Waals surface area contributed by atoms with Crippen LogP contribution in [0.3, 0.4) is 0 Å². The van der Waals surface area contributed by atoms with Gasteiger partial charge < -0.3 is 11.1 Å². The number of carbonyl (C=O) groups is 1. The summed E-state index contributed by atoms with van der Waals surface area (Å²) < 4.78 is 0.254. The van der Waals surface area contributed by atoms with Gasteiger partial charge in [-0.1, -0.05) is 6.92 Å². The summed E-state index contributed by atoms with van der Waals surface area (Å²) in [4.78, 5) is 11.5. The Balaban J connectivity index is 0.00000196. The molecule has 0 aliphatic carbocycles. The molecule has 3 N–H and O–H groups in total. The first-order chi connectivity index (χ1) is 6.57. The maximum atomic E-state index is 11.5. The quantitative estimate of drug-likeness (QED) is 0.796. The van der Waals surface area contributed by atoms with E-state index < -0.39 is 0 Å². The topological polar surface area (TPSA) is 55.1 Å². The Hall–Kier alpha value is 0.0700. The average molecular weight is 253 g/mol. The van der Waals surface area contributed by atoms with Gasteiger partial charge in [-0.2, -0.15) is 11.8 Å². The molecule has 1 aliphatic heterocycles. The Bertz CT molecular complexity index is 208. The molecule has 3 nitrogen and oxygen atoms in total. The molecule has 0 saturated carbocycles. The molecular weight excluding hydrogens is 232 g/mol. The minimum atomic E-state index is -0.0648. The maximum Gasteiger partial charge on any atom is 0.224 e. The van der Waals surface area contributed by atoms with Crippen LogP contribution in [-0.2, 0) is 4.79 Å². The summed E-state index contributed by atoms with van der Waals surface area (Å²) in [6.45, 7) is 5.29. The molecule has 0 aromatic carbocycles. The van der Waals surface area contributed by atoms with Crippen LogP contribution in [0.25, 0.3) is 0 Å². The highest BCUT2D eigenvalue weighted by atomic mass is 35.5. The molecule has 15 heavy (non-hydrogen) atoms. The van der Waals surface area contributed by atoms with E-state index in [1.807, 2.05) is 18.7 Å². The van der Waals surface area contributed by atoms with Crippen LogP contribution >= 0.6 is 24.2 Å². The molecule has 0 radical (unpaired) electrons. The summed E-state index contributed by atoms with van der Waals surface area (Å²) in [6.07, 6.45) is 2.47. The van der Waals surface area contributed by atoms with Gasteiger partial charge in [0.2, 0.25) is 5.91 Å². The van der Waals surface area contributed by atoms with E-state index in [1.54, 1.807) is 0 Å². The number of halogens is 1. The lowest BCUT2D eigenvalue weighted by molar-refractivity contribution is -0.124. The van der Waals surface area contributed by atoms with Crippen molar-refractivity contribution in [1.29, 1.82) is 0 Å². The maximum absolute atomic E-state index is 11.5. The van der Waals surface area contributed by atoms with Crippen molar-refractivity contribution in [3.63, 3.8) is 0 Å². The molecule has 0 bridgehead atoms. The van der Waals surface area contributed by atoms with Gasteiger partial charge in [0.25, 0.3) is 0 Å². The second-order valence-corrected chi connectivity index (χ2v) is 5.94. The van der Waals surface area contributed by atoms with Crippen molar-refractivity contribution in [2.45, 2.75) is 31.4 Å². The van der Waals surface area contributed by atoms with Crippen molar-refractivity contribution in [3.8, 4) is 0 Å². The molecule has 1 rings (SSSR count). The molecule has 1 heterocycles. The Labute approximate surface area is 102 Å². The van der Waals surface area contributed by atoms with Gasteiger partial charge in [0, 0.05) is 23.8 Å².